The highest BCUT2D eigenvalue weighted by Gasteiger charge is 2.20. The largest absolute Gasteiger partial charge is 0.452 e. The van der Waals surface area contributed by atoms with E-state index in [-0.39, 0.29) is 12.5 Å². The summed E-state index contributed by atoms with van der Waals surface area (Å²) in [7, 11) is 2.02. The second kappa shape index (κ2) is 6.58. The predicted molar refractivity (Wildman–Crippen MR) is 80.0 cm³/mol. The average Bonchev–Trinajstić information content (AvgIpc) is 2.48. The number of rotatable bonds is 3. The Hall–Kier alpha value is -2.08. The molecule has 1 amide bonds. The number of likely N-dealkylation sites (N-methyl/N-ethyl adjacent to an activating group) is 1. The molecule has 0 unspecified atom stereocenters. The number of piperazine rings is 1. The van der Waals surface area contributed by atoms with Gasteiger partial charge < -0.3 is 20.3 Å². The standard InChI is InChI=1S/C15H21N3O3/c1-11-9-12(3-4-13(11)16)15(20)21-10-14(19)18-7-5-17(2)6-8-18/h3-4,9H,5-8,10,16H2,1-2H3. The smallest absolute Gasteiger partial charge is 0.338 e. The lowest BCUT2D eigenvalue weighted by molar-refractivity contribution is -0.136. The van der Waals surface area contributed by atoms with E-state index in [1.54, 1.807) is 23.1 Å². The zero-order chi connectivity index (χ0) is 15.4. The van der Waals surface area contributed by atoms with E-state index in [1.165, 1.54) is 0 Å². The molecule has 114 valence electrons. The molecule has 1 aromatic carbocycles. The Balaban J connectivity index is 1.86. The molecule has 0 atom stereocenters. The minimum atomic E-state index is -0.499. The summed E-state index contributed by atoms with van der Waals surface area (Å²) >= 11 is 0. The van der Waals surface area contributed by atoms with Gasteiger partial charge in [-0.25, -0.2) is 4.79 Å². The highest BCUT2D eigenvalue weighted by atomic mass is 16.5. The van der Waals surface area contributed by atoms with Gasteiger partial charge in [0.15, 0.2) is 6.61 Å². The summed E-state index contributed by atoms with van der Waals surface area (Å²) in [4.78, 5) is 27.8. The molecule has 0 aromatic heterocycles. The normalized spacial score (nSPS) is 15.8. The number of hydrogen-bond acceptors (Lipinski definition) is 5. The third-order valence-corrected chi connectivity index (χ3v) is 3.69. The monoisotopic (exact) mass is 291 g/mol. The van der Waals surface area contributed by atoms with E-state index < -0.39 is 5.97 Å². The fourth-order valence-corrected chi connectivity index (χ4v) is 2.16. The van der Waals surface area contributed by atoms with Gasteiger partial charge in [-0.1, -0.05) is 0 Å². The zero-order valence-electron chi connectivity index (χ0n) is 12.5. The first-order valence-corrected chi connectivity index (χ1v) is 6.97. The number of carbonyl (C=O) groups excluding carboxylic acids is 2. The van der Waals surface area contributed by atoms with Crippen LogP contribution in [0.1, 0.15) is 15.9 Å². The SMILES string of the molecule is Cc1cc(C(=O)OCC(=O)N2CCN(C)CC2)ccc1N. The average molecular weight is 291 g/mol. The van der Waals surface area contributed by atoms with Gasteiger partial charge in [-0.3, -0.25) is 4.79 Å². The topological polar surface area (TPSA) is 75.9 Å². The van der Waals surface area contributed by atoms with Crippen LogP contribution >= 0.6 is 0 Å². The zero-order valence-corrected chi connectivity index (χ0v) is 12.5. The molecule has 0 aliphatic carbocycles. The van der Waals surface area contributed by atoms with Crippen molar-refractivity contribution in [1.82, 2.24) is 9.80 Å². The quantitative estimate of drug-likeness (QED) is 0.648. The molecule has 0 saturated carbocycles. The summed E-state index contributed by atoms with van der Waals surface area (Å²) in [5.74, 6) is -0.649. The first kappa shape index (κ1) is 15.3. The molecule has 0 bridgehead atoms. The summed E-state index contributed by atoms with van der Waals surface area (Å²) in [6.07, 6.45) is 0. The van der Waals surface area contributed by atoms with Gasteiger partial charge in [0.2, 0.25) is 0 Å². The molecule has 1 heterocycles. The maximum absolute atomic E-state index is 12.0. The summed E-state index contributed by atoms with van der Waals surface area (Å²) in [6, 6.07) is 4.93. The van der Waals surface area contributed by atoms with Crippen molar-refractivity contribution in [3.05, 3.63) is 29.3 Å². The molecule has 0 spiro atoms. The van der Waals surface area contributed by atoms with Crippen LogP contribution in [0.5, 0.6) is 0 Å². The van der Waals surface area contributed by atoms with Gasteiger partial charge in [0.05, 0.1) is 5.56 Å². The first-order chi connectivity index (χ1) is 9.97. The van der Waals surface area contributed by atoms with Crippen molar-refractivity contribution in [3.63, 3.8) is 0 Å². The molecule has 1 aliphatic rings. The molecule has 6 nitrogen and oxygen atoms in total. The molecule has 0 radical (unpaired) electrons. The summed E-state index contributed by atoms with van der Waals surface area (Å²) in [5, 5.41) is 0. The lowest BCUT2D eigenvalue weighted by Crippen LogP contribution is -2.48. The molecule has 2 rings (SSSR count). The number of esters is 1. The number of amides is 1. The molecule has 1 aromatic rings. The van der Waals surface area contributed by atoms with Crippen LogP contribution in [-0.2, 0) is 9.53 Å². The second-order valence-corrected chi connectivity index (χ2v) is 5.33. The third kappa shape index (κ3) is 3.95. The van der Waals surface area contributed by atoms with Crippen molar-refractivity contribution < 1.29 is 14.3 Å². The highest BCUT2D eigenvalue weighted by Crippen LogP contribution is 2.13. The Morgan fingerprint density at radius 3 is 2.52 bits per heavy atom. The van der Waals surface area contributed by atoms with Crippen LogP contribution in [0, 0.1) is 6.92 Å². The first-order valence-electron chi connectivity index (χ1n) is 6.97. The summed E-state index contributed by atoms with van der Waals surface area (Å²) in [5.41, 5.74) is 7.55. The Morgan fingerprint density at radius 2 is 1.90 bits per heavy atom. The fourth-order valence-electron chi connectivity index (χ4n) is 2.16. The van der Waals surface area contributed by atoms with E-state index in [4.69, 9.17) is 10.5 Å². The minimum Gasteiger partial charge on any atom is -0.452 e. The summed E-state index contributed by atoms with van der Waals surface area (Å²) < 4.78 is 5.08. The van der Waals surface area contributed by atoms with Crippen LogP contribution in [0.15, 0.2) is 18.2 Å². The minimum absolute atomic E-state index is 0.149. The molecular formula is C15H21N3O3. The van der Waals surface area contributed by atoms with Crippen LogP contribution in [0.3, 0.4) is 0 Å². The van der Waals surface area contributed by atoms with Gasteiger partial charge in [0.25, 0.3) is 5.91 Å². The maximum Gasteiger partial charge on any atom is 0.338 e. The summed E-state index contributed by atoms with van der Waals surface area (Å²) in [6.45, 7) is 4.64. The van der Waals surface area contributed by atoms with Crippen LogP contribution in [0.4, 0.5) is 5.69 Å². The van der Waals surface area contributed by atoms with Crippen LogP contribution in [0.2, 0.25) is 0 Å². The van der Waals surface area contributed by atoms with Crippen molar-refractivity contribution in [2.75, 3.05) is 45.6 Å². The van der Waals surface area contributed by atoms with E-state index >= 15 is 0 Å². The predicted octanol–water partition coefficient (Wildman–Crippen LogP) is 0.508. The van der Waals surface area contributed by atoms with Gasteiger partial charge >= 0.3 is 5.97 Å². The number of hydrogen-bond donors (Lipinski definition) is 1. The Morgan fingerprint density at radius 1 is 1.24 bits per heavy atom. The third-order valence-electron chi connectivity index (χ3n) is 3.69. The number of anilines is 1. The number of nitrogens with zero attached hydrogens (tertiary/aromatic N) is 2. The van der Waals surface area contributed by atoms with Gasteiger partial charge in [0.1, 0.15) is 0 Å². The van der Waals surface area contributed by atoms with Gasteiger partial charge in [-0.15, -0.1) is 0 Å². The molecule has 1 aliphatic heterocycles. The molecule has 1 saturated heterocycles. The van der Waals surface area contributed by atoms with E-state index in [1.807, 2.05) is 14.0 Å². The Kier molecular flexibility index (Phi) is 4.80. The van der Waals surface area contributed by atoms with Crippen LogP contribution < -0.4 is 5.73 Å². The van der Waals surface area contributed by atoms with Crippen molar-refractivity contribution >= 4 is 17.6 Å². The number of nitrogen functional groups attached to an aromatic ring is 1. The number of nitrogens with two attached hydrogens (primary N) is 1. The van der Waals surface area contributed by atoms with E-state index in [0.29, 0.717) is 24.3 Å². The van der Waals surface area contributed by atoms with Crippen LogP contribution in [-0.4, -0.2) is 61.5 Å². The Bertz CT molecular complexity index is 537. The van der Waals surface area contributed by atoms with E-state index in [9.17, 15) is 9.59 Å². The van der Waals surface area contributed by atoms with Gasteiger partial charge in [-0.2, -0.15) is 0 Å². The number of carbonyl (C=O) groups is 2. The molecule has 21 heavy (non-hydrogen) atoms. The molecule has 2 N–H and O–H groups in total. The lowest BCUT2D eigenvalue weighted by Gasteiger charge is -2.32. The van der Waals surface area contributed by atoms with Gasteiger partial charge in [0, 0.05) is 31.9 Å². The van der Waals surface area contributed by atoms with Crippen LogP contribution in [0.25, 0.3) is 0 Å². The van der Waals surface area contributed by atoms with E-state index in [2.05, 4.69) is 4.90 Å². The maximum atomic E-state index is 12.0. The second-order valence-electron chi connectivity index (χ2n) is 5.33. The van der Waals surface area contributed by atoms with E-state index in [0.717, 1.165) is 18.7 Å². The van der Waals surface area contributed by atoms with Crippen molar-refractivity contribution in [3.8, 4) is 0 Å². The number of ether oxygens (including phenoxy) is 1. The highest BCUT2D eigenvalue weighted by molar-refractivity contribution is 5.92. The van der Waals surface area contributed by atoms with Crippen molar-refractivity contribution in [2.24, 2.45) is 0 Å². The fraction of sp³-hybridized carbons (Fsp3) is 0.467. The Labute approximate surface area is 124 Å². The van der Waals surface area contributed by atoms with Crippen molar-refractivity contribution in [1.29, 1.82) is 0 Å². The lowest BCUT2D eigenvalue weighted by atomic mass is 10.1. The molecule has 1 fully saturated rings. The van der Waals surface area contributed by atoms with Gasteiger partial charge in [-0.05, 0) is 37.7 Å². The number of benzene rings is 1. The number of aryl methyl sites for hydroxylation is 1. The molecule has 6 heteroatoms. The molecular weight excluding hydrogens is 270 g/mol. The van der Waals surface area contributed by atoms with Crippen molar-refractivity contribution in [2.45, 2.75) is 6.92 Å².